The van der Waals surface area contributed by atoms with Crippen LogP contribution in [-0.2, 0) is 4.79 Å². The summed E-state index contributed by atoms with van der Waals surface area (Å²) in [6, 6.07) is 15.9. The summed E-state index contributed by atoms with van der Waals surface area (Å²) in [4.78, 5) is 27.3. The molecule has 1 aliphatic heterocycles. The number of hydrogen-bond donors (Lipinski definition) is 1. The summed E-state index contributed by atoms with van der Waals surface area (Å²) >= 11 is 6.24. The average molecular weight is 453 g/mol. The van der Waals surface area contributed by atoms with Crippen molar-refractivity contribution in [2.75, 3.05) is 30.4 Å². The van der Waals surface area contributed by atoms with Crippen molar-refractivity contribution in [3.05, 3.63) is 75.5 Å². The lowest BCUT2D eigenvalue weighted by molar-refractivity contribution is -0.120. The highest BCUT2D eigenvalue weighted by molar-refractivity contribution is 6.31. The Morgan fingerprint density at radius 3 is 2.66 bits per heavy atom. The topological polar surface area (TPSA) is 76.5 Å². The fourth-order valence-electron chi connectivity index (χ4n) is 3.79. The Balaban J connectivity index is 1.50. The van der Waals surface area contributed by atoms with Gasteiger partial charge in [-0.15, -0.1) is 5.10 Å². The Labute approximate surface area is 191 Å². The number of piperidine rings is 1. The lowest BCUT2D eigenvalue weighted by Crippen LogP contribution is -2.41. The molecule has 1 aliphatic rings. The average Bonchev–Trinajstić information content (AvgIpc) is 2.82. The molecule has 0 aliphatic carbocycles. The van der Waals surface area contributed by atoms with E-state index in [0.29, 0.717) is 23.1 Å². The van der Waals surface area contributed by atoms with Crippen LogP contribution in [0.25, 0.3) is 5.69 Å². The van der Waals surface area contributed by atoms with Crippen LogP contribution in [0.2, 0.25) is 5.02 Å². The van der Waals surface area contributed by atoms with E-state index in [4.69, 9.17) is 16.3 Å². The lowest BCUT2D eigenvalue weighted by Gasteiger charge is -2.33. The van der Waals surface area contributed by atoms with E-state index in [-0.39, 0.29) is 17.4 Å². The van der Waals surface area contributed by atoms with Gasteiger partial charge >= 0.3 is 0 Å². The van der Waals surface area contributed by atoms with Crippen LogP contribution < -0.4 is 20.5 Å². The standard InChI is InChI=1S/C24H25ClN4O3/c1-16-5-8-19(14-21(16)25)29-23(30)12-11-22(27-29)28-13-3-4-17(15-28)24(31)26-18-6-9-20(32-2)10-7-18/h5-12,14,17H,3-4,13,15H2,1-2H3,(H,26,31)/t17-/m1/s1. The van der Waals surface area contributed by atoms with Gasteiger partial charge in [0.15, 0.2) is 0 Å². The first-order valence-corrected chi connectivity index (χ1v) is 10.9. The molecule has 1 fully saturated rings. The number of aromatic nitrogens is 2. The van der Waals surface area contributed by atoms with Gasteiger partial charge in [-0.1, -0.05) is 17.7 Å². The van der Waals surface area contributed by atoms with Gasteiger partial charge in [-0.2, -0.15) is 4.68 Å². The number of anilines is 2. The summed E-state index contributed by atoms with van der Waals surface area (Å²) in [6.07, 6.45) is 1.66. The summed E-state index contributed by atoms with van der Waals surface area (Å²) in [7, 11) is 1.61. The molecule has 32 heavy (non-hydrogen) atoms. The molecule has 0 saturated carbocycles. The third-order valence-electron chi connectivity index (χ3n) is 5.66. The molecule has 2 heterocycles. The number of rotatable bonds is 5. The third kappa shape index (κ3) is 4.78. The zero-order chi connectivity index (χ0) is 22.7. The number of carbonyl (C=O) groups excluding carboxylic acids is 1. The highest BCUT2D eigenvalue weighted by Crippen LogP contribution is 2.24. The van der Waals surface area contributed by atoms with E-state index < -0.39 is 0 Å². The SMILES string of the molecule is COc1ccc(NC(=O)[C@@H]2CCCN(c3ccc(=O)n(-c4ccc(C)c(Cl)c4)n3)C2)cc1. The van der Waals surface area contributed by atoms with Gasteiger partial charge in [0.05, 0.1) is 18.7 Å². The monoisotopic (exact) mass is 452 g/mol. The molecule has 0 unspecified atom stereocenters. The molecule has 0 bridgehead atoms. The Morgan fingerprint density at radius 1 is 1.16 bits per heavy atom. The third-order valence-corrected chi connectivity index (χ3v) is 6.07. The Kier molecular flexibility index (Phi) is 6.46. The first kappa shape index (κ1) is 21.9. The number of halogens is 1. The fourth-order valence-corrected chi connectivity index (χ4v) is 3.96. The lowest BCUT2D eigenvalue weighted by atomic mass is 9.97. The normalized spacial score (nSPS) is 16.0. The molecular weight excluding hydrogens is 428 g/mol. The summed E-state index contributed by atoms with van der Waals surface area (Å²) in [6.45, 7) is 3.21. The maximum atomic E-state index is 12.9. The Bertz CT molecular complexity index is 1180. The molecule has 1 aromatic heterocycles. The van der Waals surface area contributed by atoms with Crippen molar-refractivity contribution in [3.63, 3.8) is 0 Å². The van der Waals surface area contributed by atoms with E-state index in [2.05, 4.69) is 10.4 Å². The van der Waals surface area contributed by atoms with Crippen molar-refractivity contribution in [2.45, 2.75) is 19.8 Å². The minimum Gasteiger partial charge on any atom is -0.497 e. The van der Waals surface area contributed by atoms with Gasteiger partial charge in [-0.3, -0.25) is 9.59 Å². The smallest absolute Gasteiger partial charge is 0.271 e. The molecule has 1 N–H and O–H groups in total. The molecule has 0 spiro atoms. The van der Waals surface area contributed by atoms with Crippen molar-refractivity contribution >= 4 is 29.0 Å². The zero-order valence-corrected chi connectivity index (χ0v) is 18.8. The molecule has 166 valence electrons. The van der Waals surface area contributed by atoms with Gasteiger partial charge in [0.2, 0.25) is 5.91 Å². The van der Waals surface area contributed by atoms with Gasteiger partial charge < -0.3 is 15.0 Å². The van der Waals surface area contributed by atoms with Gasteiger partial charge in [0.1, 0.15) is 11.6 Å². The summed E-state index contributed by atoms with van der Waals surface area (Å²) in [5.41, 5.74) is 2.04. The molecule has 3 aromatic rings. The number of ether oxygens (including phenoxy) is 1. The second kappa shape index (κ2) is 9.44. The number of hydrogen-bond acceptors (Lipinski definition) is 5. The minimum absolute atomic E-state index is 0.0292. The first-order chi connectivity index (χ1) is 15.4. The van der Waals surface area contributed by atoms with E-state index in [1.165, 1.54) is 10.7 Å². The van der Waals surface area contributed by atoms with Gasteiger partial charge in [0, 0.05) is 29.9 Å². The van der Waals surface area contributed by atoms with Crippen LogP contribution in [-0.4, -0.2) is 35.9 Å². The van der Waals surface area contributed by atoms with Crippen LogP contribution >= 0.6 is 11.6 Å². The van der Waals surface area contributed by atoms with E-state index >= 15 is 0 Å². The Hall–Kier alpha value is -3.32. The van der Waals surface area contributed by atoms with Crippen LogP contribution in [0.15, 0.2) is 59.4 Å². The molecule has 8 heteroatoms. The van der Waals surface area contributed by atoms with E-state index in [0.717, 1.165) is 36.4 Å². The molecule has 1 amide bonds. The molecule has 7 nitrogen and oxygen atoms in total. The minimum atomic E-state index is -0.237. The van der Waals surface area contributed by atoms with Crippen LogP contribution in [0.1, 0.15) is 18.4 Å². The Morgan fingerprint density at radius 2 is 1.94 bits per heavy atom. The highest BCUT2D eigenvalue weighted by atomic mass is 35.5. The van der Waals surface area contributed by atoms with Crippen molar-refractivity contribution in [2.24, 2.45) is 5.92 Å². The van der Waals surface area contributed by atoms with Crippen LogP contribution in [0, 0.1) is 12.8 Å². The van der Waals surface area contributed by atoms with Crippen molar-refractivity contribution in [1.29, 1.82) is 0 Å². The van der Waals surface area contributed by atoms with Crippen LogP contribution in [0.5, 0.6) is 5.75 Å². The number of methoxy groups -OCH3 is 1. The number of amides is 1. The van der Waals surface area contributed by atoms with Crippen molar-refractivity contribution < 1.29 is 9.53 Å². The highest BCUT2D eigenvalue weighted by Gasteiger charge is 2.27. The van der Waals surface area contributed by atoms with E-state index in [1.807, 2.05) is 48.2 Å². The van der Waals surface area contributed by atoms with Gasteiger partial charge in [-0.25, -0.2) is 0 Å². The number of nitrogens with zero attached hydrogens (tertiary/aromatic N) is 3. The van der Waals surface area contributed by atoms with Crippen LogP contribution in [0.3, 0.4) is 0 Å². The summed E-state index contributed by atoms with van der Waals surface area (Å²) in [5.74, 6) is 1.19. The van der Waals surface area contributed by atoms with E-state index in [1.54, 1.807) is 19.2 Å². The summed E-state index contributed by atoms with van der Waals surface area (Å²) < 4.78 is 6.51. The maximum Gasteiger partial charge on any atom is 0.271 e. The molecule has 1 saturated heterocycles. The van der Waals surface area contributed by atoms with Crippen molar-refractivity contribution in [1.82, 2.24) is 9.78 Å². The zero-order valence-electron chi connectivity index (χ0n) is 18.0. The molecule has 1 atom stereocenters. The maximum absolute atomic E-state index is 12.9. The quantitative estimate of drug-likeness (QED) is 0.631. The summed E-state index contributed by atoms with van der Waals surface area (Å²) in [5, 5.41) is 8.12. The molecule has 2 aromatic carbocycles. The molecule has 4 rings (SSSR count). The molecular formula is C24H25ClN4O3. The largest absolute Gasteiger partial charge is 0.497 e. The van der Waals surface area contributed by atoms with Gasteiger partial charge in [0.25, 0.3) is 5.56 Å². The second-order valence-corrected chi connectivity index (χ2v) is 8.29. The number of benzene rings is 2. The predicted molar refractivity (Wildman–Crippen MR) is 126 cm³/mol. The fraction of sp³-hybridized carbons (Fsp3) is 0.292. The number of aryl methyl sites for hydroxylation is 1. The number of carbonyl (C=O) groups is 1. The predicted octanol–water partition coefficient (Wildman–Crippen LogP) is 4.06. The second-order valence-electron chi connectivity index (χ2n) is 7.88. The van der Waals surface area contributed by atoms with Gasteiger partial charge in [-0.05, 0) is 67.8 Å². The first-order valence-electron chi connectivity index (χ1n) is 10.5. The van der Waals surface area contributed by atoms with Crippen LogP contribution in [0.4, 0.5) is 11.5 Å². The van der Waals surface area contributed by atoms with E-state index in [9.17, 15) is 9.59 Å². The van der Waals surface area contributed by atoms with Crippen molar-refractivity contribution in [3.8, 4) is 11.4 Å². The number of nitrogens with one attached hydrogen (secondary N) is 1. The molecule has 0 radical (unpaired) electrons.